The molecule has 3 N–H and O–H groups in total. The molecule has 94 valence electrons. The minimum Gasteiger partial charge on any atom is -0.506 e. The lowest BCUT2D eigenvalue weighted by atomic mass is 9.89. The molecule has 1 heterocycles. The van der Waals surface area contributed by atoms with Crippen LogP contribution < -0.4 is 5.73 Å². The van der Waals surface area contributed by atoms with Crippen LogP contribution in [0.3, 0.4) is 0 Å². The third kappa shape index (κ3) is 1.67. The van der Waals surface area contributed by atoms with Crippen molar-refractivity contribution >= 4 is 0 Å². The normalized spacial score (nSPS) is 18.6. The van der Waals surface area contributed by atoms with Crippen LogP contribution in [0.15, 0.2) is 24.3 Å². The van der Waals surface area contributed by atoms with E-state index in [9.17, 15) is 5.11 Å². The number of benzene rings is 1. The van der Waals surface area contributed by atoms with Crippen molar-refractivity contribution in [2.45, 2.75) is 25.2 Å². The second kappa shape index (κ2) is 4.42. The van der Waals surface area contributed by atoms with Gasteiger partial charge in [-0.25, -0.2) is 4.68 Å². The molecule has 1 aliphatic rings. The largest absolute Gasteiger partial charge is 0.506 e. The molecule has 5 nitrogen and oxygen atoms in total. The Hall–Kier alpha value is -1.88. The van der Waals surface area contributed by atoms with Crippen LogP contribution in [0.25, 0.3) is 5.69 Å². The number of nitrogens with zero attached hydrogens (tertiary/aromatic N) is 3. The molecule has 0 saturated carbocycles. The zero-order chi connectivity index (χ0) is 12.5. The minimum absolute atomic E-state index is 0.214. The molecule has 0 aliphatic heterocycles. The number of rotatable bonds is 2. The maximum atomic E-state index is 9.92. The highest BCUT2D eigenvalue weighted by Gasteiger charge is 2.26. The molecule has 5 heteroatoms. The number of fused-ring (bicyclic) bond motifs is 1. The van der Waals surface area contributed by atoms with Crippen LogP contribution in [0.1, 0.15) is 30.1 Å². The predicted molar refractivity (Wildman–Crippen MR) is 67.8 cm³/mol. The Morgan fingerprint density at radius 3 is 3.00 bits per heavy atom. The van der Waals surface area contributed by atoms with Gasteiger partial charge in [0.15, 0.2) is 0 Å². The van der Waals surface area contributed by atoms with E-state index in [1.807, 2.05) is 12.1 Å². The Balaban J connectivity index is 2.14. The minimum atomic E-state index is 0.214. The molecule has 0 saturated heterocycles. The smallest absolute Gasteiger partial charge is 0.141 e. The van der Waals surface area contributed by atoms with Gasteiger partial charge in [-0.1, -0.05) is 17.3 Å². The van der Waals surface area contributed by atoms with Crippen molar-refractivity contribution in [3.63, 3.8) is 0 Å². The third-order valence-electron chi connectivity index (χ3n) is 3.53. The zero-order valence-corrected chi connectivity index (χ0v) is 10.1. The van der Waals surface area contributed by atoms with Crippen molar-refractivity contribution < 1.29 is 5.11 Å². The first-order valence-electron chi connectivity index (χ1n) is 6.24. The SMILES string of the molecule is NCC1CCCc2nnn(-c3ccccc3O)c21. The lowest BCUT2D eigenvalue weighted by molar-refractivity contribution is 0.466. The van der Waals surface area contributed by atoms with Gasteiger partial charge in [0.1, 0.15) is 11.4 Å². The van der Waals surface area contributed by atoms with E-state index in [0.29, 0.717) is 12.2 Å². The first-order chi connectivity index (χ1) is 8.81. The lowest BCUT2D eigenvalue weighted by Crippen LogP contribution is -2.21. The Labute approximate surface area is 105 Å². The summed E-state index contributed by atoms with van der Waals surface area (Å²) in [5.74, 6) is 0.495. The van der Waals surface area contributed by atoms with E-state index in [1.54, 1.807) is 16.8 Å². The molecule has 0 spiro atoms. The average molecular weight is 244 g/mol. The topological polar surface area (TPSA) is 77.0 Å². The van der Waals surface area contributed by atoms with E-state index in [4.69, 9.17) is 5.73 Å². The Kier molecular flexibility index (Phi) is 2.76. The van der Waals surface area contributed by atoms with Gasteiger partial charge in [0.25, 0.3) is 0 Å². The first kappa shape index (κ1) is 11.2. The lowest BCUT2D eigenvalue weighted by Gasteiger charge is -2.21. The molecular weight excluding hydrogens is 228 g/mol. The van der Waals surface area contributed by atoms with Crippen LogP contribution in [-0.2, 0) is 6.42 Å². The van der Waals surface area contributed by atoms with Gasteiger partial charge in [-0.3, -0.25) is 0 Å². The molecule has 0 amide bonds. The van der Waals surface area contributed by atoms with Gasteiger partial charge >= 0.3 is 0 Å². The van der Waals surface area contributed by atoms with Gasteiger partial charge in [0.05, 0.1) is 11.4 Å². The molecule has 0 radical (unpaired) electrons. The van der Waals surface area contributed by atoms with E-state index >= 15 is 0 Å². The van der Waals surface area contributed by atoms with Crippen LogP contribution in [0.2, 0.25) is 0 Å². The van der Waals surface area contributed by atoms with E-state index in [1.165, 1.54) is 0 Å². The van der Waals surface area contributed by atoms with Gasteiger partial charge in [-0.15, -0.1) is 5.10 Å². The van der Waals surface area contributed by atoms with Crippen molar-refractivity contribution in [1.29, 1.82) is 0 Å². The summed E-state index contributed by atoms with van der Waals surface area (Å²) in [4.78, 5) is 0. The molecule has 2 aromatic rings. The summed E-state index contributed by atoms with van der Waals surface area (Å²) < 4.78 is 1.74. The summed E-state index contributed by atoms with van der Waals surface area (Å²) in [7, 11) is 0. The summed E-state index contributed by atoms with van der Waals surface area (Å²) in [5.41, 5.74) is 8.58. The highest BCUT2D eigenvalue weighted by atomic mass is 16.3. The molecule has 0 bridgehead atoms. The number of aryl methyl sites for hydroxylation is 1. The second-order valence-corrected chi connectivity index (χ2v) is 4.65. The van der Waals surface area contributed by atoms with Gasteiger partial charge in [0.2, 0.25) is 0 Å². The third-order valence-corrected chi connectivity index (χ3v) is 3.53. The molecular formula is C13H16N4O. The van der Waals surface area contributed by atoms with Crippen LogP contribution in [0.4, 0.5) is 0 Å². The summed E-state index contributed by atoms with van der Waals surface area (Å²) in [6.45, 7) is 0.591. The molecule has 1 unspecified atom stereocenters. The fourth-order valence-corrected chi connectivity index (χ4v) is 2.61. The maximum absolute atomic E-state index is 9.92. The number of hydrogen-bond donors (Lipinski definition) is 2. The summed E-state index contributed by atoms with van der Waals surface area (Å²) in [6, 6.07) is 7.17. The first-order valence-corrected chi connectivity index (χ1v) is 6.24. The fraction of sp³-hybridized carbons (Fsp3) is 0.385. The van der Waals surface area contributed by atoms with E-state index in [2.05, 4.69) is 10.3 Å². The van der Waals surface area contributed by atoms with Crippen molar-refractivity contribution in [3.05, 3.63) is 35.7 Å². The quantitative estimate of drug-likeness (QED) is 0.836. The number of phenols is 1. The number of aromatic nitrogens is 3. The Morgan fingerprint density at radius 1 is 1.39 bits per heavy atom. The summed E-state index contributed by atoms with van der Waals surface area (Å²) >= 11 is 0. The number of aromatic hydroxyl groups is 1. The molecule has 1 aliphatic carbocycles. The van der Waals surface area contributed by atoms with E-state index in [-0.39, 0.29) is 11.7 Å². The van der Waals surface area contributed by atoms with Gasteiger partial charge in [0, 0.05) is 12.5 Å². The zero-order valence-electron chi connectivity index (χ0n) is 10.1. The number of hydrogen-bond acceptors (Lipinski definition) is 4. The van der Waals surface area contributed by atoms with Gasteiger partial charge in [-0.05, 0) is 31.4 Å². The van der Waals surface area contributed by atoms with E-state index < -0.39 is 0 Å². The highest BCUT2D eigenvalue weighted by Crippen LogP contribution is 2.32. The fourth-order valence-electron chi connectivity index (χ4n) is 2.61. The van der Waals surface area contributed by atoms with Crippen molar-refractivity contribution in [3.8, 4) is 11.4 Å². The van der Waals surface area contributed by atoms with Crippen LogP contribution >= 0.6 is 0 Å². The molecule has 3 rings (SSSR count). The number of nitrogens with two attached hydrogens (primary N) is 1. The molecule has 1 aromatic heterocycles. The molecule has 0 fully saturated rings. The van der Waals surface area contributed by atoms with Gasteiger partial charge < -0.3 is 10.8 Å². The van der Waals surface area contributed by atoms with E-state index in [0.717, 1.165) is 30.7 Å². The second-order valence-electron chi connectivity index (χ2n) is 4.65. The standard InChI is InChI=1S/C13H16N4O/c14-8-9-4-3-5-10-13(9)17(16-15-10)11-6-1-2-7-12(11)18/h1-2,6-7,9,18H,3-5,8,14H2. The summed E-state index contributed by atoms with van der Waals surface area (Å²) in [5, 5.41) is 18.3. The monoisotopic (exact) mass is 244 g/mol. The van der Waals surface area contributed by atoms with Crippen LogP contribution in [-0.4, -0.2) is 26.6 Å². The van der Waals surface area contributed by atoms with Crippen molar-refractivity contribution in [1.82, 2.24) is 15.0 Å². The Bertz CT molecular complexity index is 564. The van der Waals surface area contributed by atoms with Crippen LogP contribution in [0.5, 0.6) is 5.75 Å². The molecule has 1 aromatic carbocycles. The maximum Gasteiger partial charge on any atom is 0.141 e. The highest BCUT2D eigenvalue weighted by molar-refractivity contribution is 5.46. The van der Waals surface area contributed by atoms with Gasteiger partial charge in [-0.2, -0.15) is 0 Å². The predicted octanol–water partition coefficient (Wildman–Crippen LogP) is 1.35. The Morgan fingerprint density at radius 2 is 2.22 bits per heavy atom. The van der Waals surface area contributed by atoms with Crippen molar-refractivity contribution in [2.75, 3.05) is 6.54 Å². The van der Waals surface area contributed by atoms with Crippen molar-refractivity contribution in [2.24, 2.45) is 5.73 Å². The molecule has 18 heavy (non-hydrogen) atoms. The number of para-hydroxylation sites is 2. The number of phenolic OH excluding ortho intramolecular Hbond substituents is 1. The molecule has 1 atom stereocenters. The van der Waals surface area contributed by atoms with Crippen LogP contribution in [0, 0.1) is 0 Å². The average Bonchev–Trinajstić information content (AvgIpc) is 2.83. The summed E-state index contributed by atoms with van der Waals surface area (Å²) in [6.07, 6.45) is 3.11.